The number of benzene rings is 1. The third-order valence-corrected chi connectivity index (χ3v) is 5.78. The number of aryl methyl sites for hydroxylation is 2. The molecular weight excluding hydrogens is 418 g/mol. The third kappa shape index (κ3) is 2.57. The smallest absolute Gasteiger partial charge is 0.178 e. The van der Waals surface area contributed by atoms with Gasteiger partial charge in [0, 0.05) is 15.8 Å². The second-order valence-electron chi connectivity index (χ2n) is 5.13. The van der Waals surface area contributed by atoms with Crippen LogP contribution >= 0.6 is 46.1 Å². The molecule has 0 amide bonds. The highest BCUT2D eigenvalue weighted by Crippen LogP contribution is 2.32. The van der Waals surface area contributed by atoms with Crippen LogP contribution in [-0.2, 0) is 0 Å². The first-order valence-electron chi connectivity index (χ1n) is 6.54. The molecule has 0 saturated heterocycles. The molecule has 0 aliphatic carbocycles. The number of aromatic amines is 1. The fourth-order valence-corrected chi connectivity index (χ4v) is 4.56. The number of aromatic nitrogens is 2. The Kier molecular flexibility index (Phi) is 3.96. The molecule has 1 aromatic carbocycles. The fraction of sp³-hybridized carbons (Fsp3) is 0.267. The van der Waals surface area contributed by atoms with Crippen molar-refractivity contribution in [2.24, 2.45) is 0 Å². The number of hydrogen-bond acceptors (Lipinski definition) is 2. The van der Waals surface area contributed by atoms with Crippen molar-refractivity contribution in [2.45, 2.75) is 26.8 Å². The monoisotopic (exact) mass is 432 g/mol. The number of thiophene rings is 1. The Labute approximate surface area is 145 Å². The zero-order chi connectivity index (χ0) is 15.3. The third-order valence-electron chi connectivity index (χ3n) is 3.68. The van der Waals surface area contributed by atoms with Gasteiger partial charge in [-0.25, -0.2) is 4.39 Å². The van der Waals surface area contributed by atoms with E-state index in [-0.39, 0.29) is 11.9 Å². The topological polar surface area (TPSA) is 20.7 Å². The predicted octanol–water partition coefficient (Wildman–Crippen LogP) is 5.73. The second kappa shape index (κ2) is 5.48. The SMILES string of the molecule is Cc1cc(C(C)n2c(=S)[nH]c3cc(I)c(F)cc32)c(C)s1. The first-order valence-corrected chi connectivity index (χ1v) is 8.85. The molecule has 0 saturated carbocycles. The lowest BCUT2D eigenvalue weighted by molar-refractivity contribution is 0.616. The van der Waals surface area contributed by atoms with Crippen LogP contribution in [0.4, 0.5) is 4.39 Å². The lowest BCUT2D eigenvalue weighted by atomic mass is 10.1. The van der Waals surface area contributed by atoms with E-state index in [0.717, 1.165) is 11.0 Å². The first-order chi connectivity index (χ1) is 9.88. The van der Waals surface area contributed by atoms with Gasteiger partial charge in [0.25, 0.3) is 0 Å². The molecule has 0 fully saturated rings. The normalized spacial score (nSPS) is 13.0. The van der Waals surface area contributed by atoms with E-state index in [0.29, 0.717) is 8.34 Å². The molecule has 6 heteroatoms. The van der Waals surface area contributed by atoms with Gasteiger partial charge in [0.2, 0.25) is 0 Å². The zero-order valence-corrected chi connectivity index (χ0v) is 15.6. The Bertz CT molecular complexity index is 891. The second-order valence-corrected chi connectivity index (χ2v) is 8.14. The summed E-state index contributed by atoms with van der Waals surface area (Å²) in [7, 11) is 0. The van der Waals surface area contributed by atoms with Gasteiger partial charge in [-0.1, -0.05) is 0 Å². The summed E-state index contributed by atoms with van der Waals surface area (Å²) in [5.74, 6) is -0.212. The largest absolute Gasteiger partial charge is 0.331 e. The molecule has 1 unspecified atom stereocenters. The average molecular weight is 432 g/mol. The van der Waals surface area contributed by atoms with E-state index in [9.17, 15) is 4.39 Å². The molecule has 1 N–H and O–H groups in total. The molecule has 0 aliphatic heterocycles. The summed E-state index contributed by atoms with van der Waals surface area (Å²) in [6, 6.07) is 5.63. The molecule has 2 heterocycles. The van der Waals surface area contributed by atoms with E-state index in [1.165, 1.54) is 15.3 Å². The number of nitrogens with one attached hydrogen (secondary N) is 1. The minimum absolute atomic E-state index is 0.0793. The van der Waals surface area contributed by atoms with Gasteiger partial charge in [0.1, 0.15) is 5.82 Å². The molecule has 0 aliphatic rings. The Hall–Kier alpha value is -0.730. The summed E-state index contributed by atoms with van der Waals surface area (Å²) >= 11 is 9.22. The van der Waals surface area contributed by atoms with E-state index in [1.54, 1.807) is 23.5 Å². The molecule has 0 bridgehead atoms. The predicted molar refractivity (Wildman–Crippen MR) is 97.4 cm³/mol. The number of rotatable bonds is 2. The summed E-state index contributed by atoms with van der Waals surface area (Å²) in [5.41, 5.74) is 2.93. The first kappa shape index (κ1) is 15.2. The molecule has 21 heavy (non-hydrogen) atoms. The van der Waals surface area contributed by atoms with Crippen molar-refractivity contribution >= 4 is 57.2 Å². The molecule has 3 rings (SSSR count). The van der Waals surface area contributed by atoms with Crippen molar-refractivity contribution in [1.29, 1.82) is 0 Å². The fourth-order valence-electron chi connectivity index (χ4n) is 2.71. The quantitative estimate of drug-likeness (QED) is 0.405. The Morgan fingerprint density at radius 3 is 2.67 bits per heavy atom. The number of nitrogens with zero attached hydrogens (tertiary/aromatic N) is 1. The molecule has 110 valence electrons. The van der Waals surface area contributed by atoms with Crippen LogP contribution in [0.2, 0.25) is 0 Å². The van der Waals surface area contributed by atoms with Crippen LogP contribution in [-0.4, -0.2) is 9.55 Å². The number of halogens is 2. The van der Waals surface area contributed by atoms with Crippen LogP contribution in [0.3, 0.4) is 0 Å². The van der Waals surface area contributed by atoms with E-state index in [1.807, 2.05) is 27.2 Å². The summed E-state index contributed by atoms with van der Waals surface area (Å²) in [4.78, 5) is 5.74. The van der Waals surface area contributed by atoms with Crippen LogP contribution in [0.1, 0.15) is 28.3 Å². The van der Waals surface area contributed by atoms with E-state index >= 15 is 0 Å². The Balaban J connectivity index is 2.24. The van der Waals surface area contributed by atoms with Crippen molar-refractivity contribution in [3.8, 4) is 0 Å². The van der Waals surface area contributed by atoms with Gasteiger partial charge in [-0.3, -0.25) is 0 Å². The zero-order valence-electron chi connectivity index (χ0n) is 11.8. The summed E-state index contributed by atoms with van der Waals surface area (Å²) in [6.07, 6.45) is 0. The van der Waals surface area contributed by atoms with Gasteiger partial charge in [0.15, 0.2) is 4.77 Å². The van der Waals surface area contributed by atoms with Gasteiger partial charge < -0.3 is 9.55 Å². The lowest BCUT2D eigenvalue weighted by Crippen LogP contribution is -2.07. The maximum Gasteiger partial charge on any atom is 0.178 e. The van der Waals surface area contributed by atoms with Gasteiger partial charge >= 0.3 is 0 Å². The van der Waals surface area contributed by atoms with Crippen LogP contribution in [0.15, 0.2) is 18.2 Å². The van der Waals surface area contributed by atoms with Gasteiger partial charge in [-0.2, -0.15) is 0 Å². The van der Waals surface area contributed by atoms with Gasteiger partial charge in [0.05, 0.1) is 20.6 Å². The molecule has 0 spiro atoms. The minimum atomic E-state index is -0.212. The highest BCUT2D eigenvalue weighted by molar-refractivity contribution is 14.1. The van der Waals surface area contributed by atoms with E-state index in [4.69, 9.17) is 12.2 Å². The minimum Gasteiger partial charge on any atom is -0.331 e. The van der Waals surface area contributed by atoms with Crippen molar-refractivity contribution in [2.75, 3.05) is 0 Å². The van der Waals surface area contributed by atoms with E-state index in [2.05, 4.69) is 31.8 Å². The van der Waals surface area contributed by atoms with Crippen LogP contribution in [0.5, 0.6) is 0 Å². The summed E-state index contributed by atoms with van der Waals surface area (Å²) < 4.78 is 17.1. The molecular formula is C15H14FIN2S2. The van der Waals surface area contributed by atoms with Crippen LogP contribution in [0, 0.1) is 28.0 Å². The number of imidazole rings is 1. The van der Waals surface area contributed by atoms with Crippen molar-refractivity contribution < 1.29 is 4.39 Å². The molecule has 1 atom stereocenters. The van der Waals surface area contributed by atoms with Crippen LogP contribution < -0.4 is 0 Å². The molecule has 2 nitrogen and oxygen atoms in total. The van der Waals surface area contributed by atoms with Crippen LogP contribution in [0.25, 0.3) is 11.0 Å². The number of H-pyrrole nitrogens is 1. The van der Waals surface area contributed by atoms with Crippen molar-refractivity contribution in [3.63, 3.8) is 0 Å². The molecule has 2 aromatic heterocycles. The average Bonchev–Trinajstić information content (AvgIpc) is 2.89. The standard InChI is InChI=1S/C15H14FIN2S2/c1-7-4-10(9(3)21-7)8(2)19-14-5-11(16)12(17)6-13(14)18-15(19)20/h4-6,8H,1-3H3,(H,18,20). The summed E-state index contributed by atoms with van der Waals surface area (Å²) in [6.45, 7) is 6.32. The van der Waals surface area contributed by atoms with Crippen molar-refractivity contribution in [1.82, 2.24) is 9.55 Å². The maximum absolute atomic E-state index is 13.9. The van der Waals surface area contributed by atoms with E-state index < -0.39 is 0 Å². The van der Waals surface area contributed by atoms with Gasteiger partial charge in [-0.15, -0.1) is 11.3 Å². The highest BCUT2D eigenvalue weighted by Gasteiger charge is 2.17. The maximum atomic E-state index is 13.9. The summed E-state index contributed by atoms with van der Waals surface area (Å²) in [5, 5.41) is 0. The molecule has 3 aromatic rings. The molecule has 0 radical (unpaired) electrons. The van der Waals surface area contributed by atoms with Gasteiger partial charge in [-0.05, 0) is 73.3 Å². The number of hydrogen-bond donors (Lipinski definition) is 1. The Morgan fingerprint density at radius 2 is 2.05 bits per heavy atom. The number of fused-ring (bicyclic) bond motifs is 1. The highest BCUT2D eigenvalue weighted by atomic mass is 127. The Morgan fingerprint density at radius 1 is 1.33 bits per heavy atom. The lowest BCUT2D eigenvalue weighted by Gasteiger charge is -2.15. The van der Waals surface area contributed by atoms with Crippen molar-refractivity contribution in [3.05, 3.63) is 47.7 Å².